The maximum absolute atomic E-state index is 12.8. The van der Waals surface area contributed by atoms with Gasteiger partial charge in [0.15, 0.2) is 0 Å². The number of carbonyl (C=O) groups is 1. The third-order valence-corrected chi connectivity index (χ3v) is 6.56. The van der Waals surface area contributed by atoms with E-state index in [-0.39, 0.29) is 11.4 Å². The molecular formula is C32H24N4O3. The van der Waals surface area contributed by atoms with E-state index in [9.17, 15) is 9.90 Å². The molecular weight excluding hydrogens is 488 g/mol. The van der Waals surface area contributed by atoms with Crippen molar-refractivity contribution >= 4 is 33.7 Å². The monoisotopic (exact) mass is 512 g/mol. The first kappa shape index (κ1) is 23.9. The van der Waals surface area contributed by atoms with E-state index in [1.165, 1.54) is 6.21 Å². The second-order valence-electron chi connectivity index (χ2n) is 9.01. The van der Waals surface area contributed by atoms with Gasteiger partial charge in [-0.05, 0) is 51.4 Å². The van der Waals surface area contributed by atoms with Crippen molar-refractivity contribution < 1.29 is 14.6 Å². The number of nitrogens with one attached hydrogen (secondary N) is 2. The van der Waals surface area contributed by atoms with Gasteiger partial charge in [-0.2, -0.15) is 10.2 Å². The number of aromatic hydroxyl groups is 1. The molecule has 0 aliphatic carbocycles. The van der Waals surface area contributed by atoms with Gasteiger partial charge in [0.1, 0.15) is 23.8 Å². The maximum Gasteiger partial charge on any atom is 0.289 e. The highest BCUT2D eigenvalue weighted by Crippen LogP contribution is 2.30. The number of ether oxygens (including phenoxy) is 1. The minimum absolute atomic E-state index is 0.0793. The number of benzene rings is 5. The van der Waals surface area contributed by atoms with Crippen LogP contribution in [0.15, 0.2) is 114 Å². The summed E-state index contributed by atoms with van der Waals surface area (Å²) < 4.78 is 6.21. The molecule has 3 N–H and O–H groups in total. The lowest BCUT2D eigenvalue weighted by Gasteiger charge is -2.12. The largest absolute Gasteiger partial charge is 0.507 e. The molecule has 0 spiro atoms. The number of hydrogen-bond donors (Lipinski definition) is 3. The Balaban J connectivity index is 1.18. The summed E-state index contributed by atoms with van der Waals surface area (Å²) >= 11 is 0. The summed E-state index contributed by atoms with van der Waals surface area (Å²) in [6, 6.07) is 34.7. The second kappa shape index (κ2) is 10.5. The van der Waals surface area contributed by atoms with Crippen LogP contribution in [-0.2, 0) is 6.61 Å². The molecule has 7 nitrogen and oxygen atoms in total. The molecule has 39 heavy (non-hydrogen) atoms. The fraction of sp³-hybridized carbons (Fsp3) is 0.0312. The highest BCUT2D eigenvalue weighted by molar-refractivity contribution is 6.03. The molecule has 1 amide bonds. The van der Waals surface area contributed by atoms with Gasteiger partial charge in [0.05, 0.1) is 11.9 Å². The first-order valence-corrected chi connectivity index (χ1v) is 12.5. The molecule has 0 saturated carbocycles. The van der Waals surface area contributed by atoms with Crippen LogP contribution in [0.5, 0.6) is 11.5 Å². The van der Waals surface area contributed by atoms with Crippen LogP contribution in [-0.4, -0.2) is 27.4 Å². The summed E-state index contributed by atoms with van der Waals surface area (Å²) in [6.07, 6.45) is 1.43. The van der Waals surface area contributed by atoms with Crippen molar-refractivity contribution in [1.82, 2.24) is 15.6 Å². The summed E-state index contributed by atoms with van der Waals surface area (Å²) in [6.45, 7) is 0.395. The van der Waals surface area contributed by atoms with Crippen molar-refractivity contribution in [2.24, 2.45) is 5.10 Å². The van der Waals surface area contributed by atoms with Crippen LogP contribution in [0, 0.1) is 0 Å². The average Bonchev–Trinajstić information content (AvgIpc) is 3.48. The molecule has 0 radical (unpaired) electrons. The number of amides is 1. The molecule has 6 rings (SSSR count). The topological polar surface area (TPSA) is 99.6 Å². The number of hydrazone groups is 1. The Morgan fingerprint density at radius 1 is 0.872 bits per heavy atom. The van der Waals surface area contributed by atoms with E-state index in [1.54, 1.807) is 12.1 Å². The van der Waals surface area contributed by atoms with E-state index in [1.807, 2.05) is 72.8 Å². The number of hydrogen-bond acceptors (Lipinski definition) is 5. The molecule has 0 bridgehead atoms. The minimum Gasteiger partial charge on any atom is -0.507 e. The lowest BCUT2D eigenvalue weighted by molar-refractivity contribution is 0.0950. The molecule has 7 heteroatoms. The van der Waals surface area contributed by atoms with Crippen LogP contribution in [0.3, 0.4) is 0 Å². The van der Waals surface area contributed by atoms with Crippen molar-refractivity contribution in [2.45, 2.75) is 6.61 Å². The van der Waals surface area contributed by atoms with E-state index in [4.69, 9.17) is 4.74 Å². The zero-order valence-corrected chi connectivity index (χ0v) is 20.8. The van der Waals surface area contributed by atoms with Crippen LogP contribution in [0.2, 0.25) is 0 Å². The van der Waals surface area contributed by atoms with Gasteiger partial charge in [-0.3, -0.25) is 9.89 Å². The summed E-state index contributed by atoms with van der Waals surface area (Å²) in [5.74, 6) is 0.280. The van der Waals surface area contributed by atoms with Gasteiger partial charge in [0.25, 0.3) is 5.91 Å². The Bertz CT molecular complexity index is 1840. The SMILES string of the molecule is O=C(N/N=C\c1c(O)ccc2ccccc12)c1cc(-c2ccccc2OCc2cccc3ccccc23)n[nH]1. The van der Waals surface area contributed by atoms with E-state index < -0.39 is 5.91 Å². The van der Waals surface area contributed by atoms with Gasteiger partial charge in [0, 0.05) is 11.1 Å². The van der Waals surface area contributed by atoms with E-state index in [2.05, 4.69) is 45.0 Å². The zero-order chi connectivity index (χ0) is 26.6. The first-order chi connectivity index (χ1) is 19.2. The number of carbonyl (C=O) groups excluding carboxylic acids is 1. The van der Waals surface area contributed by atoms with Crippen molar-refractivity contribution in [3.8, 4) is 22.8 Å². The number of aromatic nitrogens is 2. The molecule has 0 fully saturated rings. The molecule has 0 atom stereocenters. The number of nitrogens with zero attached hydrogens (tertiary/aromatic N) is 2. The Morgan fingerprint density at radius 2 is 1.59 bits per heavy atom. The number of fused-ring (bicyclic) bond motifs is 2. The summed E-state index contributed by atoms with van der Waals surface area (Å²) in [7, 11) is 0. The quantitative estimate of drug-likeness (QED) is 0.169. The van der Waals surface area contributed by atoms with Gasteiger partial charge < -0.3 is 9.84 Å². The smallest absolute Gasteiger partial charge is 0.289 e. The molecule has 1 heterocycles. The van der Waals surface area contributed by atoms with Crippen LogP contribution in [0.4, 0.5) is 0 Å². The molecule has 0 unspecified atom stereocenters. The summed E-state index contributed by atoms with van der Waals surface area (Å²) in [5.41, 5.74) is 5.69. The predicted octanol–water partition coefficient (Wildman–Crippen LogP) is 6.43. The molecule has 6 aromatic rings. The van der Waals surface area contributed by atoms with Crippen LogP contribution >= 0.6 is 0 Å². The number of aromatic amines is 1. The van der Waals surface area contributed by atoms with Gasteiger partial charge in [-0.1, -0.05) is 84.9 Å². The molecule has 0 aliphatic heterocycles. The second-order valence-corrected chi connectivity index (χ2v) is 9.01. The van der Waals surface area contributed by atoms with Crippen molar-refractivity contribution in [2.75, 3.05) is 0 Å². The van der Waals surface area contributed by atoms with Crippen molar-refractivity contribution in [3.63, 3.8) is 0 Å². The molecule has 190 valence electrons. The molecule has 5 aromatic carbocycles. The van der Waals surface area contributed by atoms with Crippen LogP contribution < -0.4 is 10.2 Å². The Morgan fingerprint density at radius 3 is 2.46 bits per heavy atom. The number of phenols is 1. The molecule has 1 aromatic heterocycles. The minimum atomic E-state index is -0.459. The van der Waals surface area contributed by atoms with Gasteiger partial charge in [-0.15, -0.1) is 0 Å². The number of rotatable bonds is 7. The van der Waals surface area contributed by atoms with Gasteiger partial charge in [-0.25, -0.2) is 5.43 Å². The lowest BCUT2D eigenvalue weighted by Crippen LogP contribution is -2.18. The number of para-hydroxylation sites is 1. The van der Waals surface area contributed by atoms with E-state index in [0.29, 0.717) is 23.6 Å². The zero-order valence-electron chi connectivity index (χ0n) is 20.8. The normalized spacial score (nSPS) is 11.3. The van der Waals surface area contributed by atoms with E-state index in [0.717, 1.165) is 32.7 Å². The highest BCUT2D eigenvalue weighted by Gasteiger charge is 2.14. The third-order valence-electron chi connectivity index (χ3n) is 6.56. The maximum atomic E-state index is 12.8. The Hall–Kier alpha value is -5.43. The number of H-pyrrole nitrogens is 1. The fourth-order valence-corrected chi connectivity index (χ4v) is 4.59. The summed E-state index contributed by atoms with van der Waals surface area (Å²) in [5, 5.41) is 25.6. The van der Waals surface area contributed by atoms with Crippen LogP contribution in [0.1, 0.15) is 21.6 Å². The van der Waals surface area contributed by atoms with Crippen molar-refractivity contribution in [3.05, 3.63) is 126 Å². The first-order valence-electron chi connectivity index (χ1n) is 12.5. The van der Waals surface area contributed by atoms with Gasteiger partial charge in [0.2, 0.25) is 0 Å². The molecule has 0 aliphatic rings. The predicted molar refractivity (Wildman–Crippen MR) is 153 cm³/mol. The lowest BCUT2D eigenvalue weighted by atomic mass is 10.0. The van der Waals surface area contributed by atoms with Gasteiger partial charge >= 0.3 is 0 Å². The fourth-order valence-electron chi connectivity index (χ4n) is 4.59. The summed E-state index contributed by atoms with van der Waals surface area (Å²) in [4.78, 5) is 12.8. The standard InChI is InChI=1S/C32H24N4O3/c37-30-17-16-22-9-2-4-13-25(22)27(30)19-33-36-32(38)29-18-28(34-35-29)26-14-5-6-15-31(26)39-20-23-11-7-10-21-8-1-3-12-24(21)23/h1-19,37H,20H2,(H,34,35)(H,36,38)/b33-19-. The van der Waals surface area contributed by atoms with E-state index >= 15 is 0 Å². The van der Waals surface area contributed by atoms with Crippen molar-refractivity contribution in [1.29, 1.82) is 0 Å². The molecule has 0 saturated heterocycles. The average molecular weight is 513 g/mol. The van der Waals surface area contributed by atoms with Crippen LogP contribution in [0.25, 0.3) is 32.8 Å². The highest BCUT2D eigenvalue weighted by atomic mass is 16.5. The Labute approximate surface area is 224 Å². The Kier molecular flexibility index (Phi) is 6.45. The third kappa shape index (κ3) is 4.93. The number of phenolic OH excluding ortho intramolecular Hbond substituents is 1.